The predicted molar refractivity (Wildman–Crippen MR) is 131 cm³/mol. The van der Waals surface area contributed by atoms with Crippen molar-refractivity contribution in [1.82, 2.24) is 15.0 Å². The molecular formula is C26H15ClF3N3O3. The largest absolute Gasteiger partial charge is 0.573 e. The minimum Gasteiger partial charge on any atom is -0.406 e. The highest BCUT2D eigenvalue weighted by atomic mass is 35.5. The summed E-state index contributed by atoms with van der Waals surface area (Å²) in [6, 6.07) is 17.0. The topological polar surface area (TPSA) is 87.8 Å². The zero-order valence-electron chi connectivity index (χ0n) is 18.2. The van der Waals surface area contributed by atoms with Crippen LogP contribution in [-0.2, 0) is 0 Å². The molecule has 2 heterocycles. The maximum absolute atomic E-state index is 13.3. The number of halogens is 4. The van der Waals surface area contributed by atoms with Crippen molar-refractivity contribution in [2.24, 2.45) is 0 Å². The van der Waals surface area contributed by atoms with E-state index in [0.29, 0.717) is 32.8 Å². The lowest BCUT2D eigenvalue weighted by molar-refractivity contribution is -0.274. The molecule has 0 aliphatic rings. The number of hydrogen-bond acceptors (Lipinski definition) is 4. The third kappa shape index (κ3) is 4.73. The van der Waals surface area contributed by atoms with E-state index < -0.39 is 23.5 Å². The van der Waals surface area contributed by atoms with Crippen molar-refractivity contribution in [3.8, 4) is 16.9 Å². The van der Waals surface area contributed by atoms with E-state index >= 15 is 0 Å². The molecule has 0 saturated heterocycles. The van der Waals surface area contributed by atoms with Gasteiger partial charge in [0, 0.05) is 21.5 Å². The smallest absolute Gasteiger partial charge is 0.406 e. The minimum absolute atomic E-state index is 0.193. The average molecular weight is 510 g/mol. The van der Waals surface area contributed by atoms with Gasteiger partial charge in [-0.05, 0) is 60.2 Å². The Balaban J connectivity index is 1.62. The van der Waals surface area contributed by atoms with Crippen molar-refractivity contribution in [3.63, 3.8) is 0 Å². The van der Waals surface area contributed by atoms with Gasteiger partial charge in [0.15, 0.2) is 5.78 Å². The van der Waals surface area contributed by atoms with E-state index in [-0.39, 0.29) is 11.1 Å². The van der Waals surface area contributed by atoms with Gasteiger partial charge in [-0.15, -0.1) is 13.2 Å². The molecule has 3 aromatic carbocycles. The number of H-pyrrole nitrogens is 2. The van der Waals surface area contributed by atoms with Crippen molar-refractivity contribution >= 4 is 45.4 Å². The van der Waals surface area contributed by atoms with Crippen molar-refractivity contribution in [1.29, 1.82) is 0 Å². The van der Waals surface area contributed by atoms with E-state index in [1.807, 2.05) is 24.3 Å². The molecular weight excluding hydrogens is 495 g/mol. The second kappa shape index (κ2) is 9.01. The fourth-order valence-corrected chi connectivity index (χ4v) is 4.09. The summed E-state index contributed by atoms with van der Waals surface area (Å²) in [6.07, 6.45) is -2.19. The maximum Gasteiger partial charge on any atom is 0.573 e. The van der Waals surface area contributed by atoms with Crippen LogP contribution in [0, 0.1) is 0 Å². The fourth-order valence-electron chi connectivity index (χ4n) is 3.91. The zero-order chi connectivity index (χ0) is 25.4. The summed E-state index contributed by atoms with van der Waals surface area (Å²) in [5, 5.41) is 0.802. The second-order valence-electron chi connectivity index (χ2n) is 7.80. The maximum atomic E-state index is 13.3. The number of carbonyl (C=O) groups is 1. The number of alkyl halides is 3. The second-order valence-corrected chi connectivity index (χ2v) is 8.24. The Labute approximate surface area is 206 Å². The molecule has 0 aliphatic carbocycles. The molecule has 0 bridgehead atoms. The molecule has 0 spiro atoms. The van der Waals surface area contributed by atoms with Crippen LogP contribution in [0.25, 0.3) is 39.1 Å². The Hall–Kier alpha value is -4.37. The van der Waals surface area contributed by atoms with Gasteiger partial charge in [-0.1, -0.05) is 35.9 Å². The highest BCUT2D eigenvalue weighted by molar-refractivity contribution is 6.31. The first kappa shape index (κ1) is 23.4. The lowest BCUT2D eigenvalue weighted by Crippen LogP contribution is -2.19. The average Bonchev–Trinajstić information content (AvgIpc) is 3.25. The summed E-state index contributed by atoms with van der Waals surface area (Å²) in [6.45, 7) is 0. The van der Waals surface area contributed by atoms with E-state index in [9.17, 15) is 22.8 Å². The number of para-hydroxylation sites is 2. The van der Waals surface area contributed by atoms with Gasteiger partial charge >= 0.3 is 6.36 Å². The van der Waals surface area contributed by atoms with Gasteiger partial charge in [-0.25, -0.2) is 4.98 Å². The van der Waals surface area contributed by atoms with Gasteiger partial charge in [0.05, 0.1) is 16.6 Å². The van der Waals surface area contributed by atoms with E-state index in [1.165, 1.54) is 24.3 Å². The van der Waals surface area contributed by atoms with Crippen LogP contribution >= 0.6 is 11.6 Å². The number of ether oxygens (including phenoxy) is 1. The quantitative estimate of drug-likeness (QED) is 0.208. The number of allylic oxidation sites excluding steroid dienone is 1. The van der Waals surface area contributed by atoms with Crippen LogP contribution < -0.4 is 10.3 Å². The number of aromatic amines is 2. The number of hydrogen-bond donors (Lipinski definition) is 2. The molecule has 0 aliphatic heterocycles. The lowest BCUT2D eigenvalue weighted by Gasteiger charge is -2.13. The fraction of sp³-hybridized carbons (Fsp3) is 0.0385. The van der Waals surface area contributed by atoms with Crippen LogP contribution in [0.15, 0.2) is 77.6 Å². The monoisotopic (exact) mass is 509 g/mol. The number of aromatic nitrogens is 3. The normalized spacial score (nSPS) is 12.0. The molecule has 0 unspecified atom stereocenters. The summed E-state index contributed by atoms with van der Waals surface area (Å²) >= 11 is 6.18. The SMILES string of the molecule is O=C(C=Cc1nc2ccccc2[nH]1)c1c(-c2ccc(OC(F)(F)F)cc2)c2cc(Cl)ccc2[nH]c1=O. The highest BCUT2D eigenvalue weighted by Crippen LogP contribution is 2.33. The van der Waals surface area contributed by atoms with Gasteiger partial charge in [0.1, 0.15) is 11.6 Å². The number of carbonyl (C=O) groups excluding carboxylic acids is 1. The minimum atomic E-state index is -4.85. The molecule has 180 valence electrons. The van der Waals surface area contributed by atoms with Crippen molar-refractivity contribution in [2.45, 2.75) is 6.36 Å². The van der Waals surface area contributed by atoms with Crippen LogP contribution in [0.2, 0.25) is 5.02 Å². The summed E-state index contributed by atoms with van der Waals surface area (Å²) in [5.74, 6) is -0.639. The summed E-state index contributed by atoms with van der Waals surface area (Å²) in [5.41, 5.74) is 1.62. The number of nitrogens with one attached hydrogen (secondary N) is 2. The van der Waals surface area contributed by atoms with Crippen LogP contribution in [-0.4, -0.2) is 27.1 Å². The first-order valence-corrected chi connectivity index (χ1v) is 10.9. The highest BCUT2D eigenvalue weighted by Gasteiger charge is 2.31. The molecule has 5 rings (SSSR count). The van der Waals surface area contributed by atoms with Crippen molar-refractivity contribution < 1.29 is 22.7 Å². The Morgan fingerprint density at radius 3 is 2.44 bits per heavy atom. The molecule has 5 aromatic rings. The molecule has 2 N–H and O–H groups in total. The van der Waals surface area contributed by atoms with E-state index in [2.05, 4.69) is 19.7 Å². The van der Waals surface area contributed by atoms with Crippen LogP contribution in [0.4, 0.5) is 13.2 Å². The predicted octanol–water partition coefficient (Wildman–Crippen LogP) is 6.52. The Morgan fingerprint density at radius 1 is 0.972 bits per heavy atom. The van der Waals surface area contributed by atoms with Crippen LogP contribution in [0.1, 0.15) is 16.2 Å². The standard InChI is InChI=1S/C26H15ClF3N3O3/c27-15-7-10-18-17(13-15)23(14-5-8-16(9-6-14)36-26(28,29)30)24(25(35)33-18)21(34)11-12-22-31-19-3-1-2-4-20(19)32-22/h1-13H,(H,31,32)(H,33,35). The number of nitrogens with zero attached hydrogens (tertiary/aromatic N) is 1. The third-order valence-corrected chi connectivity index (χ3v) is 5.63. The van der Waals surface area contributed by atoms with Gasteiger partial charge in [-0.3, -0.25) is 9.59 Å². The Bertz CT molecular complexity index is 1670. The number of benzene rings is 3. The van der Waals surface area contributed by atoms with Crippen LogP contribution in [0.5, 0.6) is 5.75 Å². The Morgan fingerprint density at radius 2 is 1.72 bits per heavy atom. The van der Waals surface area contributed by atoms with E-state index in [0.717, 1.165) is 17.6 Å². The van der Waals surface area contributed by atoms with Crippen molar-refractivity contribution in [3.05, 3.63) is 99.6 Å². The van der Waals surface area contributed by atoms with Gasteiger partial charge < -0.3 is 14.7 Å². The molecule has 0 saturated carbocycles. The summed E-state index contributed by atoms with van der Waals surface area (Å²) in [4.78, 5) is 36.4. The molecule has 0 atom stereocenters. The lowest BCUT2D eigenvalue weighted by atomic mass is 9.94. The molecule has 2 aromatic heterocycles. The van der Waals surface area contributed by atoms with Crippen LogP contribution in [0.3, 0.4) is 0 Å². The number of pyridine rings is 1. The molecule has 0 fully saturated rings. The molecule has 10 heteroatoms. The molecule has 36 heavy (non-hydrogen) atoms. The van der Waals surface area contributed by atoms with Crippen molar-refractivity contribution in [2.75, 3.05) is 0 Å². The third-order valence-electron chi connectivity index (χ3n) is 5.40. The van der Waals surface area contributed by atoms with Gasteiger partial charge in [-0.2, -0.15) is 0 Å². The summed E-state index contributed by atoms with van der Waals surface area (Å²) in [7, 11) is 0. The number of fused-ring (bicyclic) bond motifs is 2. The molecule has 6 nitrogen and oxygen atoms in total. The number of ketones is 1. The molecule has 0 radical (unpaired) electrons. The number of rotatable bonds is 5. The summed E-state index contributed by atoms with van der Waals surface area (Å²) < 4.78 is 41.7. The Kier molecular flexibility index (Phi) is 5.85. The van der Waals surface area contributed by atoms with E-state index in [1.54, 1.807) is 18.2 Å². The van der Waals surface area contributed by atoms with Gasteiger partial charge in [0.2, 0.25) is 0 Å². The first-order chi connectivity index (χ1) is 17.2. The van der Waals surface area contributed by atoms with E-state index in [4.69, 9.17) is 11.6 Å². The molecule has 0 amide bonds. The zero-order valence-corrected chi connectivity index (χ0v) is 18.9. The van der Waals surface area contributed by atoms with Gasteiger partial charge in [0.25, 0.3) is 5.56 Å². The number of imidazole rings is 1. The first-order valence-electron chi connectivity index (χ1n) is 10.6.